The van der Waals surface area contributed by atoms with Crippen LogP contribution in [0.15, 0.2) is 41.3 Å². The number of aromatic nitrogens is 3. The van der Waals surface area contributed by atoms with Gasteiger partial charge in [-0.05, 0) is 37.1 Å². The molecule has 2 heterocycles. The molecule has 0 unspecified atom stereocenters. The molecule has 1 fully saturated rings. The molecule has 6 nitrogen and oxygen atoms in total. The zero-order chi connectivity index (χ0) is 16.9. The summed E-state index contributed by atoms with van der Waals surface area (Å²) in [6.45, 7) is 0. The second-order valence-electron chi connectivity index (χ2n) is 6.06. The van der Waals surface area contributed by atoms with Gasteiger partial charge in [0, 0.05) is 17.7 Å². The molecule has 0 bridgehead atoms. The van der Waals surface area contributed by atoms with Crippen LogP contribution in [-0.2, 0) is 9.84 Å². The number of ether oxygens (including phenoxy) is 1. The SMILES string of the molecule is COc1ccc(-c2ccc(S(C)(=O)=O)cc2)n2nc(C3CC3)nc12. The van der Waals surface area contributed by atoms with E-state index in [4.69, 9.17) is 4.74 Å². The third-order valence-electron chi connectivity index (χ3n) is 4.21. The van der Waals surface area contributed by atoms with E-state index in [1.54, 1.807) is 35.9 Å². The van der Waals surface area contributed by atoms with Crippen LogP contribution in [-0.4, -0.2) is 36.4 Å². The van der Waals surface area contributed by atoms with Crippen LogP contribution in [0.1, 0.15) is 24.6 Å². The van der Waals surface area contributed by atoms with Crippen molar-refractivity contribution in [1.82, 2.24) is 14.6 Å². The standard InChI is InChI=1S/C17H17N3O3S/c1-23-15-10-9-14(11-5-7-13(8-6-11)24(2,21)22)20-17(15)18-16(19-20)12-3-4-12/h5-10,12H,3-4H2,1-2H3. The first-order valence-electron chi connectivity index (χ1n) is 7.71. The minimum Gasteiger partial charge on any atom is -0.493 e. The first kappa shape index (κ1) is 15.1. The molecule has 0 spiro atoms. The van der Waals surface area contributed by atoms with E-state index in [0.29, 0.717) is 22.2 Å². The van der Waals surface area contributed by atoms with E-state index in [2.05, 4.69) is 10.1 Å². The van der Waals surface area contributed by atoms with Gasteiger partial charge in [0.2, 0.25) is 0 Å². The number of rotatable bonds is 4. The molecule has 2 aromatic heterocycles. The zero-order valence-corrected chi connectivity index (χ0v) is 14.2. The third-order valence-corrected chi connectivity index (χ3v) is 5.33. The monoisotopic (exact) mass is 343 g/mol. The minimum absolute atomic E-state index is 0.299. The van der Waals surface area contributed by atoms with Gasteiger partial charge >= 0.3 is 0 Å². The van der Waals surface area contributed by atoms with Crippen LogP contribution >= 0.6 is 0 Å². The van der Waals surface area contributed by atoms with Crippen molar-refractivity contribution in [2.24, 2.45) is 0 Å². The Bertz CT molecular complexity index is 1020. The first-order chi connectivity index (χ1) is 11.5. The van der Waals surface area contributed by atoms with Crippen molar-refractivity contribution < 1.29 is 13.2 Å². The fourth-order valence-corrected chi connectivity index (χ4v) is 3.35. The summed E-state index contributed by atoms with van der Waals surface area (Å²) >= 11 is 0. The van der Waals surface area contributed by atoms with Gasteiger partial charge in [0.15, 0.2) is 27.1 Å². The van der Waals surface area contributed by atoms with Gasteiger partial charge in [0.25, 0.3) is 0 Å². The molecule has 4 rings (SSSR count). The fraction of sp³-hybridized carbons (Fsp3) is 0.294. The van der Waals surface area contributed by atoms with Crippen LogP contribution in [0.2, 0.25) is 0 Å². The van der Waals surface area contributed by atoms with Crippen molar-refractivity contribution in [2.75, 3.05) is 13.4 Å². The molecule has 0 atom stereocenters. The van der Waals surface area contributed by atoms with E-state index in [9.17, 15) is 8.42 Å². The van der Waals surface area contributed by atoms with Crippen molar-refractivity contribution in [1.29, 1.82) is 0 Å². The molecule has 0 radical (unpaired) electrons. The van der Waals surface area contributed by atoms with Crippen molar-refractivity contribution in [2.45, 2.75) is 23.7 Å². The first-order valence-corrected chi connectivity index (χ1v) is 9.60. The van der Waals surface area contributed by atoms with Crippen LogP contribution in [0.3, 0.4) is 0 Å². The third kappa shape index (κ3) is 2.54. The highest BCUT2D eigenvalue weighted by atomic mass is 32.2. The molecule has 1 saturated carbocycles. The summed E-state index contributed by atoms with van der Waals surface area (Å²) in [5.41, 5.74) is 2.41. The number of hydrogen-bond donors (Lipinski definition) is 0. The molecule has 0 N–H and O–H groups in total. The Kier molecular flexibility index (Phi) is 3.35. The lowest BCUT2D eigenvalue weighted by Gasteiger charge is -2.08. The number of nitrogens with zero attached hydrogens (tertiary/aromatic N) is 3. The molecule has 0 saturated heterocycles. The number of fused-ring (bicyclic) bond motifs is 1. The molecule has 3 aromatic rings. The maximum atomic E-state index is 11.6. The van der Waals surface area contributed by atoms with Gasteiger partial charge in [-0.15, -0.1) is 0 Å². The average Bonchev–Trinajstić information content (AvgIpc) is 3.32. The Morgan fingerprint density at radius 1 is 1.12 bits per heavy atom. The summed E-state index contributed by atoms with van der Waals surface area (Å²) in [4.78, 5) is 4.92. The number of pyridine rings is 1. The highest BCUT2D eigenvalue weighted by Crippen LogP contribution is 2.39. The number of hydrogen-bond acceptors (Lipinski definition) is 5. The predicted octanol–water partition coefficient (Wildman–Crippen LogP) is 2.69. The van der Waals surface area contributed by atoms with E-state index in [0.717, 1.165) is 29.9 Å². The second kappa shape index (κ2) is 5.31. The molecule has 1 aliphatic rings. The summed E-state index contributed by atoms with van der Waals surface area (Å²) in [7, 11) is -1.60. The van der Waals surface area contributed by atoms with E-state index < -0.39 is 9.84 Å². The van der Waals surface area contributed by atoms with Crippen LogP contribution < -0.4 is 4.74 Å². The maximum Gasteiger partial charge on any atom is 0.198 e. The quantitative estimate of drug-likeness (QED) is 0.728. The molecule has 24 heavy (non-hydrogen) atoms. The lowest BCUT2D eigenvalue weighted by molar-refractivity contribution is 0.416. The molecule has 0 amide bonds. The van der Waals surface area contributed by atoms with E-state index in [1.165, 1.54) is 6.26 Å². The average molecular weight is 343 g/mol. The molecule has 0 aliphatic heterocycles. The molecular weight excluding hydrogens is 326 g/mol. The second-order valence-corrected chi connectivity index (χ2v) is 8.08. The Balaban J connectivity index is 1.87. The Hall–Kier alpha value is -2.41. The van der Waals surface area contributed by atoms with Gasteiger partial charge in [-0.25, -0.2) is 17.9 Å². The smallest absolute Gasteiger partial charge is 0.198 e. The maximum absolute atomic E-state index is 11.6. The molecule has 1 aromatic carbocycles. The zero-order valence-electron chi connectivity index (χ0n) is 13.4. The van der Waals surface area contributed by atoms with Crippen molar-refractivity contribution in [3.8, 4) is 17.0 Å². The highest BCUT2D eigenvalue weighted by molar-refractivity contribution is 7.90. The summed E-state index contributed by atoms with van der Waals surface area (Å²) in [5, 5.41) is 4.64. The minimum atomic E-state index is -3.21. The van der Waals surface area contributed by atoms with Crippen molar-refractivity contribution >= 4 is 15.5 Å². The number of methoxy groups -OCH3 is 1. The number of sulfone groups is 1. The molecule has 1 aliphatic carbocycles. The van der Waals surface area contributed by atoms with Crippen molar-refractivity contribution in [3.05, 3.63) is 42.2 Å². The summed E-state index contributed by atoms with van der Waals surface area (Å²) in [5.74, 6) is 1.95. The van der Waals surface area contributed by atoms with Gasteiger partial charge in [0.1, 0.15) is 0 Å². The molecular formula is C17H17N3O3S. The fourth-order valence-electron chi connectivity index (χ4n) is 2.72. The van der Waals surface area contributed by atoms with Crippen LogP contribution in [0.4, 0.5) is 0 Å². The van der Waals surface area contributed by atoms with Gasteiger partial charge in [-0.3, -0.25) is 0 Å². The van der Waals surface area contributed by atoms with Gasteiger partial charge in [0.05, 0.1) is 17.7 Å². The Labute approximate surface area is 140 Å². The van der Waals surface area contributed by atoms with Crippen molar-refractivity contribution in [3.63, 3.8) is 0 Å². The summed E-state index contributed by atoms with van der Waals surface area (Å²) < 4.78 is 30.4. The summed E-state index contributed by atoms with van der Waals surface area (Å²) in [6, 6.07) is 10.6. The van der Waals surface area contributed by atoms with Gasteiger partial charge in [-0.2, -0.15) is 5.10 Å². The van der Waals surface area contributed by atoms with Crippen LogP contribution in [0.25, 0.3) is 16.9 Å². The topological polar surface area (TPSA) is 73.6 Å². The van der Waals surface area contributed by atoms with E-state index in [-0.39, 0.29) is 0 Å². The normalized spacial score (nSPS) is 14.9. The Morgan fingerprint density at radius 3 is 2.42 bits per heavy atom. The van der Waals surface area contributed by atoms with E-state index in [1.807, 2.05) is 12.1 Å². The lowest BCUT2D eigenvalue weighted by atomic mass is 10.1. The van der Waals surface area contributed by atoms with Crippen LogP contribution in [0.5, 0.6) is 5.75 Å². The van der Waals surface area contributed by atoms with Gasteiger partial charge < -0.3 is 4.74 Å². The molecule has 7 heteroatoms. The van der Waals surface area contributed by atoms with E-state index >= 15 is 0 Å². The lowest BCUT2D eigenvalue weighted by Crippen LogP contribution is -1.99. The predicted molar refractivity (Wildman–Crippen MR) is 90.1 cm³/mol. The molecule has 124 valence electrons. The largest absolute Gasteiger partial charge is 0.493 e. The summed E-state index contributed by atoms with van der Waals surface area (Å²) in [6.07, 6.45) is 3.45. The highest BCUT2D eigenvalue weighted by Gasteiger charge is 2.29. The van der Waals surface area contributed by atoms with Gasteiger partial charge in [-0.1, -0.05) is 12.1 Å². The number of benzene rings is 1. The van der Waals surface area contributed by atoms with Crippen LogP contribution in [0, 0.1) is 0 Å². The Morgan fingerprint density at radius 2 is 1.83 bits per heavy atom.